The zero-order valence-corrected chi connectivity index (χ0v) is 14.1. The third kappa shape index (κ3) is 4.51. The van der Waals surface area contributed by atoms with E-state index in [1.165, 1.54) is 31.2 Å². The molecule has 0 heterocycles. The molecule has 0 spiro atoms. The smallest absolute Gasteiger partial charge is 0.279 e. The summed E-state index contributed by atoms with van der Waals surface area (Å²) >= 11 is 3.06. The second kappa shape index (κ2) is 7.87. The third-order valence-corrected chi connectivity index (χ3v) is 3.64. The zero-order chi connectivity index (χ0) is 17.7. The van der Waals surface area contributed by atoms with Gasteiger partial charge in [-0.25, -0.2) is 8.78 Å². The molecular weight excluding hydrogens is 386 g/mol. The molecule has 2 aromatic rings. The van der Waals surface area contributed by atoms with Crippen molar-refractivity contribution in [2.75, 3.05) is 0 Å². The van der Waals surface area contributed by atoms with Crippen LogP contribution in [0.5, 0.6) is 5.75 Å². The van der Waals surface area contributed by atoms with Gasteiger partial charge in [0.15, 0.2) is 17.7 Å². The van der Waals surface area contributed by atoms with E-state index in [0.29, 0.717) is 0 Å². The van der Waals surface area contributed by atoms with Crippen LogP contribution in [0.1, 0.15) is 17.3 Å². The van der Waals surface area contributed by atoms with Crippen LogP contribution in [0.25, 0.3) is 0 Å². The molecule has 2 amide bonds. The van der Waals surface area contributed by atoms with Crippen LogP contribution in [0, 0.1) is 11.6 Å². The molecule has 0 saturated carbocycles. The van der Waals surface area contributed by atoms with E-state index in [9.17, 15) is 18.4 Å². The highest BCUT2D eigenvalue weighted by atomic mass is 79.9. The predicted molar refractivity (Wildman–Crippen MR) is 86.2 cm³/mol. The SMILES string of the molecule is C[C@H](Oc1ccccc1F)C(=O)NNC(=O)c1ccc(F)cc1Br. The fourth-order valence-corrected chi connectivity index (χ4v) is 2.28. The van der Waals surface area contributed by atoms with Crippen molar-refractivity contribution in [2.45, 2.75) is 13.0 Å². The molecule has 8 heteroatoms. The highest BCUT2D eigenvalue weighted by Crippen LogP contribution is 2.18. The molecule has 0 unspecified atom stereocenters. The largest absolute Gasteiger partial charge is 0.478 e. The zero-order valence-electron chi connectivity index (χ0n) is 12.5. The summed E-state index contributed by atoms with van der Waals surface area (Å²) in [5.41, 5.74) is 4.48. The van der Waals surface area contributed by atoms with Gasteiger partial charge in [-0.05, 0) is 53.2 Å². The van der Waals surface area contributed by atoms with Crippen molar-refractivity contribution in [3.8, 4) is 5.75 Å². The highest BCUT2D eigenvalue weighted by Gasteiger charge is 2.18. The summed E-state index contributed by atoms with van der Waals surface area (Å²) in [6, 6.07) is 9.15. The minimum Gasteiger partial charge on any atom is -0.478 e. The molecule has 1 atom stereocenters. The first-order valence-electron chi connectivity index (χ1n) is 6.85. The second-order valence-electron chi connectivity index (χ2n) is 4.76. The molecular formula is C16H13BrF2N2O3. The van der Waals surface area contributed by atoms with Crippen LogP contribution in [-0.2, 0) is 4.79 Å². The van der Waals surface area contributed by atoms with Gasteiger partial charge in [-0.2, -0.15) is 0 Å². The van der Waals surface area contributed by atoms with Gasteiger partial charge >= 0.3 is 0 Å². The molecule has 0 radical (unpaired) electrons. The minimum atomic E-state index is -1.04. The number of nitrogens with one attached hydrogen (secondary N) is 2. The molecule has 0 bridgehead atoms. The van der Waals surface area contributed by atoms with E-state index in [0.717, 1.165) is 12.1 Å². The van der Waals surface area contributed by atoms with E-state index >= 15 is 0 Å². The lowest BCUT2D eigenvalue weighted by Gasteiger charge is -2.15. The van der Waals surface area contributed by atoms with E-state index < -0.39 is 29.6 Å². The van der Waals surface area contributed by atoms with Crippen molar-refractivity contribution < 1.29 is 23.1 Å². The van der Waals surface area contributed by atoms with Gasteiger partial charge in [-0.3, -0.25) is 20.4 Å². The van der Waals surface area contributed by atoms with Crippen molar-refractivity contribution >= 4 is 27.7 Å². The molecule has 0 aromatic heterocycles. The maximum atomic E-state index is 13.5. The number of hydrogen-bond acceptors (Lipinski definition) is 3. The number of hydrogen-bond donors (Lipinski definition) is 2. The summed E-state index contributed by atoms with van der Waals surface area (Å²) in [6.07, 6.45) is -1.04. The Balaban J connectivity index is 1.92. The van der Waals surface area contributed by atoms with Crippen molar-refractivity contribution in [3.05, 3.63) is 64.1 Å². The lowest BCUT2D eigenvalue weighted by Crippen LogP contribution is -2.47. The van der Waals surface area contributed by atoms with E-state index in [2.05, 4.69) is 26.8 Å². The number of benzene rings is 2. The number of hydrazine groups is 1. The summed E-state index contributed by atoms with van der Waals surface area (Å²) < 4.78 is 31.9. The van der Waals surface area contributed by atoms with Crippen molar-refractivity contribution in [1.82, 2.24) is 10.9 Å². The van der Waals surface area contributed by atoms with Crippen LogP contribution in [-0.4, -0.2) is 17.9 Å². The maximum Gasteiger partial charge on any atom is 0.279 e. The Morgan fingerprint density at radius 3 is 2.50 bits per heavy atom. The van der Waals surface area contributed by atoms with Crippen LogP contribution < -0.4 is 15.6 Å². The second-order valence-corrected chi connectivity index (χ2v) is 5.61. The molecule has 0 aliphatic carbocycles. The van der Waals surface area contributed by atoms with Gasteiger partial charge in [0.2, 0.25) is 0 Å². The fraction of sp³-hybridized carbons (Fsp3) is 0.125. The lowest BCUT2D eigenvalue weighted by atomic mass is 10.2. The molecule has 2 rings (SSSR count). The number of carbonyl (C=O) groups excluding carboxylic acids is 2. The molecule has 2 aromatic carbocycles. The van der Waals surface area contributed by atoms with Gasteiger partial charge in [0.05, 0.1) is 5.56 Å². The average molecular weight is 399 g/mol. The van der Waals surface area contributed by atoms with Crippen LogP contribution >= 0.6 is 15.9 Å². The van der Waals surface area contributed by atoms with E-state index in [-0.39, 0.29) is 15.8 Å². The van der Waals surface area contributed by atoms with Crippen molar-refractivity contribution in [3.63, 3.8) is 0 Å². The molecule has 0 aliphatic heterocycles. The lowest BCUT2D eigenvalue weighted by molar-refractivity contribution is -0.128. The normalized spacial score (nSPS) is 11.5. The molecule has 24 heavy (non-hydrogen) atoms. The van der Waals surface area contributed by atoms with Crippen LogP contribution in [0.2, 0.25) is 0 Å². The Labute approximate surface area is 145 Å². The highest BCUT2D eigenvalue weighted by molar-refractivity contribution is 9.10. The molecule has 0 fully saturated rings. The first kappa shape index (κ1) is 17.9. The molecule has 2 N–H and O–H groups in total. The molecule has 126 valence electrons. The first-order chi connectivity index (χ1) is 11.4. The molecule has 0 aliphatic rings. The number of halogens is 3. The van der Waals surface area contributed by atoms with Crippen molar-refractivity contribution in [1.29, 1.82) is 0 Å². The van der Waals surface area contributed by atoms with Crippen LogP contribution in [0.15, 0.2) is 46.9 Å². The number of rotatable bonds is 4. The summed E-state index contributed by atoms with van der Waals surface area (Å²) in [6.45, 7) is 1.40. The molecule has 0 saturated heterocycles. The van der Waals surface area contributed by atoms with Crippen LogP contribution in [0.3, 0.4) is 0 Å². The molecule has 5 nitrogen and oxygen atoms in total. The van der Waals surface area contributed by atoms with Gasteiger partial charge in [0, 0.05) is 4.47 Å². The number of para-hydroxylation sites is 1. The average Bonchev–Trinajstić information content (AvgIpc) is 2.54. The maximum absolute atomic E-state index is 13.5. The Morgan fingerprint density at radius 1 is 1.12 bits per heavy atom. The summed E-state index contributed by atoms with van der Waals surface area (Å²) in [4.78, 5) is 23.8. The summed E-state index contributed by atoms with van der Waals surface area (Å²) in [7, 11) is 0. The monoisotopic (exact) mass is 398 g/mol. The first-order valence-corrected chi connectivity index (χ1v) is 7.64. The van der Waals surface area contributed by atoms with Gasteiger partial charge in [-0.1, -0.05) is 12.1 Å². The Hall–Kier alpha value is -2.48. The summed E-state index contributed by atoms with van der Waals surface area (Å²) in [5.74, 6) is -2.50. The third-order valence-electron chi connectivity index (χ3n) is 2.98. The quantitative estimate of drug-likeness (QED) is 0.778. The number of amides is 2. The summed E-state index contributed by atoms with van der Waals surface area (Å²) in [5, 5.41) is 0. The van der Waals surface area contributed by atoms with E-state index in [1.807, 2.05) is 0 Å². The van der Waals surface area contributed by atoms with E-state index in [1.54, 1.807) is 6.07 Å². The standard InChI is InChI=1S/C16H13BrF2N2O3/c1-9(24-14-5-3-2-4-13(14)19)15(22)20-21-16(23)11-7-6-10(18)8-12(11)17/h2-9H,1H3,(H,20,22)(H,21,23)/t9-/m0/s1. The minimum absolute atomic E-state index is 0.0762. The van der Waals surface area contributed by atoms with Gasteiger partial charge in [0.25, 0.3) is 11.8 Å². The van der Waals surface area contributed by atoms with Crippen LogP contribution in [0.4, 0.5) is 8.78 Å². The van der Waals surface area contributed by atoms with Crippen molar-refractivity contribution in [2.24, 2.45) is 0 Å². The van der Waals surface area contributed by atoms with Gasteiger partial charge in [0.1, 0.15) is 5.82 Å². The van der Waals surface area contributed by atoms with Gasteiger partial charge in [-0.15, -0.1) is 0 Å². The number of ether oxygens (including phenoxy) is 1. The fourth-order valence-electron chi connectivity index (χ4n) is 1.75. The number of carbonyl (C=O) groups is 2. The Morgan fingerprint density at radius 2 is 1.83 bits per heavy atom. The Bertz CT molecular complexity index is 771. The topological polar surface area (TPSA) is 67.4 Å². The predicted octanol–water partition coefficient (Wildman–Crippen LogP) is 2.96. The van der Waals surface area contributed by atoms with Gasteiger partial charge < -0.3 is 4.74 Å². The van der Waals surface area contributed by atoms with E-state index in [4.69, 9.17) is 4.74 Å². The Kier molecular flexibility index (Phi) is 5.86.